The van der Waals surface area contributed by atoms with Crippen molar-refractivity contribution < 1.29 is 14.6 Å². The van der Waals surface area contributed by atoms with Gasteiger partial charge in [0.05, 0.1) is 6.04 Å². The van der Waals surface area contributed by atoms with E-state index in [9.17, 15) is 14.6 Å². The number of pyridine rings is 1. The molecule has 0 aliphatic heterocycles. The van der Waals surface area contributed by atoms with Gasteiger partial charge in [-0.15, -0.1) is 0 Å². The zero-order valence-electron chi connectivity index (χ0n) is 15.4. The Morgan fingerprint density at radius 1 is 1.23 bits per heavy atom. The molecule has 0 spiro atoms. The number of rotatable bonds is 8. The smallest absolute Gasteiger partial charge is 0.261 e. The van der Waals surface area contributed by atoms with Crippen LogP contribution in [0.15, 0.2) is 54.9 Å². The number of carbonyl (C=O) groups is 1. The van der Waals surface area contributed by atoms with E-state index >= 15 is 0 Å². The Morgan fingerprint density at radius 2 is 1.92 bits per heavy atom. The van der Waals surface area contributed by atoms with E-state index in [1.807, 2.05) is 38.1 Å². The van der Waals surface area contributed by atoms with Gasteiger partial charge in [-0.1, -0.05) is 50.2 Å². The van der Waals surface area contributed by atoms with Gasteiger partial charge in [-0.3, -0.25) is 15.0 Å². The van der Waals surface area contributed by atoms with Crippen LogP contribution in [0.25, 0.3) is 0 Å². The van der Waals surface area contributed by atoms with Gasteiger partial charge in [-0.2, -0.15) is 0 Å². The summed E-state index contributed by atoms with van der Waals surface area (Å²) in [5, 5.41) is 9.91. The lowest BCUT2D eigenvalue weighted by atomic mass is 10.0. The monoisotopic (exact) mass is 375 g/mol. The molecule has 1 amide bonds. The van der Waals surface area contributed by atoms with Crippen LogP contribution < -0.4 is 10.8 Å². The van der Waals surface area contributed by atoms with Gasteiger partial charge in [0.15, 0.2) is 7.29 Å². The Bertz CT molecular complexity index is 753. The fourth-order valence-electron chi connectivity index (χ4n) is 2.93. The number of hydrogen-bond acceptors (Lipinski definition) is 4. The van der Waals surface area contributed by atoms with Crippen LogP contribution in [-0.2, 0) is 15.9 Å². The molecule has 2 N–H and O–H groups in total. The van der Waals surface area contributed by atoms with Crippen molar-refractivity contribution in [3.63, 3.8) is 0 Å². The van der Waals surface area contributed by atoms with E-state index in [0.29, 0.717) is 18.3 Å². The van der Waals surface area contributed by atoms with Crippen LogP contribution in [0, 0.1) is 5.92 Å². The summed E-state index contributed by atoms with van der Waals surface area (Å²) in [7, 11) is -3.07. The Kier molecular flexibility index (Phi) is 7.09. The first-order valence-corrected chi connectivity index (χ1v) is 10.7. The number of amides is 1. The lowest BCUT2D eigenvalue weighted by Gasteiger charge is -2.36. The lowest BCUT2D eigenvalue weighted by Crippen LogP contribution is -2.46. The molecule has 0 radical (unpaired) electrons. The van der Waals surface area contributed by atoms with Gasteiger partial charge >= 0.3 is 0 Å². The van der Waals surface area contributed by atoms with Crippen molar-refractivity contribution in [3.8, 4) is 0 Å². The van der Waals surface area contributed by atoms with Crippen molar-refractivity contribution in [3.05, 3.63) is 60.4 Å². The van der Waals surface area contributed by atoms with Crippen molar-refractivity contribution >= 4 is 18.5 Å². The zero-order valence-corrected chi connectivity index (χ0v) is 16.3. The van der Waals surface area contributed by atoms with Crippen LogP contribution in [-0.4, -0.2) is 33.5 Å². The van der Waals surface area contributed by atoms with Gasteiger partial charge in [-0.05, 0) is 24.0 Å². The third kappa shape index (κ3) is 5.01. The zero-order chi connectivity index (χ0) is 19.2. The highest BCUT2D eigenvalue weighted by Crippen LogP contribution is 2.48. The van der Waals surface area contributed by atoms with E-state index in [0.717, 1.165) is 5.56 Å². The molecule has 1 aromatic heterocycles. The van der Waals surface area contributed by atoms with E-state index in [1.165, 1.54) is 0 Å². The van der Waals surface area contributed by atoms with Crippen LogP contribution in [0.4, 0.5) is 0 Å². The number of benzene rings is 1. The van der Waals surface area contributed by atoms with Crippen LogP contribution in [0.1, 0.15) is 25.8 Å². The predicted octanol–water partition coefficient (Wildman–Crippen LogP) is 3.04. The SMILES string of the molecule is CC(C)C[C@H](C(=O)NO)N(Cc1cccnc1)[P@](C)(=O)c1ccccc1. The van der Waals surface area contributed by atoms with Gasteiger partial charge < -0.3 is 4.57 Å². The summed E-state index contributed by atoms with van der Waals surface area (Å²) in [6.07, 6.45) is 3.83. The predicted molar refractivity (Wildman–Crippen MR) is 103 cm³/mol. The largest absolute Gasteiger partial charge is 0.302 e. The van der Waals surface area contributed by atoms with Crippen molar-refractivity contribution in [2.45, 2.75) is 32.9 Å². The highest BCUT2D eigenvalue weighted by Gasteiger charge is 2.37. The second kappa shape index (κ2) is 9.08. The molecule has 0 bridgehead atoms. The Labute approximate surface area is 154 Å². The molecule has 6 nitrogen and oxygen atoms in total. The van der Waals surface area contributed by atoms with E-state index in [1.54, 1.807) is 47.4 Å². The minimum atomic E-state index is -3.07. The van der Waals surface area contributed by atoms with Gasteiger partial charge in [0.25, 0.3) is 5.91 Å². The highest BCUT2D eigenvalue weighted by molar-refractivity contribution is 7.68. The van der Waals surface area contributed by atoms with Crippen molar-refractivity contribution in [2.75, 3.05) is 6.66 Å². The lowest BCUT2D eigenvalue weighted by molar-refractivity contribution is -0.133. The van der Waals surface area contributed by atoms with E-state index in [2.05, 4.69) is 4.98 Å². The first kappa shape index (κ1) is 20.3. The molecule has 0 aliphatic carbocycles. The Hall–Kier alpha value is -2.01. The van der Waals surface area contributed by atoms with Gasteiger partial charge in [0.1, 0.15) is 0 Å². The molecule has 2 rings (SSSR count). The summed E-state index contributed by atoms with van der Waals surface area (Å²) < 4.78 is 15.5. The van der Waals surface area contributed by atoms with Crippen molar-refractivity contribution in [2.24, 2.45) is 5.92 Å². The van der Waals surface area contributed by atoms with Gasteiger partial charge in [0, 0.05) is 30.9 Å². The number of aromatic nitrogens is 1. The first-order chi connectivity index (χ1) is 12.4. The van der Waals surface area contributed by atoms with E-state index < -0.39 is 19.2 Å². The Morgan fingerprint density at radius 3 is 2.46 bits per heavy atom. The summed E-state index contributed by atoms with van der Waals surface area (Å²) in [5.74, 6) is -0.370. The average molecular weight is 375 g/mol. The highest BCUT2D eigenvalue weighted by atomic mass is 31.2. The van der Waals surface area contributed by atoms with Gasteiger partial charge in [0.2, 0.25) is 0 Å². The summed E-state index contributed by atoms with van der Waals surface area (Å²) in [6, 6.07) is 12.1. The molecule has 1 aromatic carbocycles. The molecule has 1 heterocycles. The second-order valence-electron chi connectivity index (χ2n) is 6.79. The number of nitrogens with zero attached hydrogens (tertiary/aromatic N) is 2. The molecule has 2 atom stereocenters. The number of hydroxylamine groups is 1. The standard InChI is InChI=1S/C19H26N3O3P/c1-15(2)12-18(19(23)21-24)22(14-16-8-7-11-20-13-16)26(3,25)17-9-5-4-6-10-17/h4-11,13,15,18,24H,12,14H2,1-3H3,(H,21,23)/t18-,26-/m1/s1. The van der Waals surface area contributed by atoms with Crippen LogP contribution >= 0.6 is 7.29 Å². The van der Waals surface area contributed by atoms with Crippen molar-refractivity contribution in [1.29, 1.82) is 0 Å². The molecule has 0 saturated heterocycles. The Balaban J connectivity index is 2.49. The third-order valence-electron chi connectivity index (χ3n) is 4.26. The second-order valence-corrected chi connectivity index (χ2v) is 9.58. The van der Waals surface area contributed by atoms with E-state index in [-0.39, 0.29) is 5.92 Å². The fourth-order valence-corrected chi connectivity index (χ4v) is 5.11. The number of carbonyl (C=O) groups excluding carboxylic acids is 1. The number of nitrogens with one attached hydrogen (secondary N) is 1. The number of hydrogen-bond donors (Lipinski definition) is 2. The maximum atomic E-state index is 13.8. The van der Waals surface area contributed by atoms with E-state index in [4.69, 9.17) is 0 Å². The molecular formula is C19H26N3O3P. The summed E-state index contributed by atoms with van der Waals surface area (Å²) in [4.78, 5) is 16.5. The molecule has 2 aromatic rings. The molecule has 0 fully saturated rings. The summed E-state index contributed by atoms with van der Waals surface area (Å²) in [5.41, 5.74) is 2.59. The minimum Gasteiger partial charge on any atom is -0.302 e. The van der Waals surface area contributed by atoms with Crippen LogP contribution in [0.2, 0.25) is 0 Å². The molecule has 0 aliphatic rings. The molecule has 0 unspecified atom stereocenters. The molecule has 7 heteroatoms. The van der Waals surface area contributed by atoms with Crippen LogP contribution in [0.3, 0.4) is 0 Å². The quantitative estimate of drug-likeness (QED) is 0.421. The minimum absolute atomic E-state index is 0.185. The van der Waals surface area contributed by atoms with Crippen molar-refractivity contribution in [1.82, 2.24) is 15.1 Å². The summed E-state index contributed by atoms with van der Waals surface area (Å²) in [6.45, 7) is 5.93. The molecule has 0 saturated carbocycles. The molecule has 140 valence electrons. The fraction of sp³-hybridized carbons (Fsp3) is 0.368. The van der Waals surface area contributed by atoms with Crippen LogP contribution in [0.5, 0.6) is 0 Å². The summed E-state index contributed by atoms with van der Waals surface area (Å²) >= 11 is 0. The average Bonchev–Trinajstić information content (AvgIpc) is 2.65. The van der Waals surface area contributed by atoms with Gasteiger partial charge in [-0.25, -0.2) is 10.2 Å². The normalized spacial score (nSPS) is 14.8. The topological polar surface area (TPSA) is 82.5 Å². The first-order valence-electron chi connectivity index (χ1n) is 8.59. The third-order valence-corrected chi connectivity index (χ3v) is 6.92. The molecular weight excluding hydrogens is 349 g/mol. The molecule has 26 heavy (non-hydrogen) atoms. The maximum Gasteiger partial charge on any atom is 0.261 e. The maximum absolute atomic E-state index is 13.8.